The number of carbonyl (C=O) groups is 1. The zero-order valence-corrected chi connectivity index (χ0v) is 24.0. The number of ether oxygens (including phenoxy) is 1. The maximum atomic E-state index is 13.8. The Bertz CT molecular complexity index is 1550. The molecule has 13 heteroatoms. The van der Waals surface area contributed by atoms with Gasteiger partial charge in [-0.2, -0.15) is 9.40 Å². The van der Waals surface area contributed by atoms with Crippen LogP contribution in [-0.2, 0) is 34.3 Å². The minimum absolute atomic E-state index is 0.0979. The van der Waals surface area contributed by atoms with E-state index in [1.54, 1.807) is 0 Å². The van der Waals surface area contributed by atoms with Crippen LogP contribution >= 0.6 is 0 Å². The van der Waals surface area contributed by atoms with Crippen molar-refractivity contribution in [3.63, 3.8) is 0 Å². The van der Waals surface area contributed by atoms with Crippen LogP contribution in [0.1, 0.15) is 52.9 Å². The van der Waals surface area contributed by atoms with Crippen LogP contribution in [0.3, 0.4) is 0 Å². The number of aromatic nitrogens is 2. The Balaban J connectivity index is 1.23. The molecule has 3 N–H and O–H groups in total. The van der Waals surface area contributed by atoms with Crippen LogP contribution in [0, 0.1) is 11.6 Å². The van der Waals surface area contributed by atoms with Gasteiger partial charge in [0.1, 0.15) is 11.6 Å². The van der Waals surface area contributed by atoms with Gasteiger partial charge in [-0.25, -0.2) is 17.2 Å². The van der Waals surface area contributed by atoms with Gasteiger partial charge in [0.05, 0.1) is 10.5 Å². The molecule has 0 radical (unpaired) electrons. The second kappa shape index (κ2) is 12.1. The lowest BCUT2D eigenvalue weighted by molar-refractivity contribution is 0.0904. The number of fused-ring (bicyclic) bond motifs is 1. The minimum Gasteiger partial charge on any atom is -0.381 e. The second-order valence-corrected chi connectivity index (χ2v) is 13.0. The molecule has 2 saturated heterocycles. The predicted octanol–water partition coefficient (Wildman–Crippen LogP) is 3.87. The number of H-pyrrole nitrogens is 1. The second-order valence-electron chi connectivity index (χ2n) is 11.1. The monoisotopic (exact) mass is 600 g/mol. The Morgan fingerprint density at radius 1 is 1.05 bits per heavy atom. The zero-order chi connectivity index (χ0) is 29.3. The molecule has 1 aromatic heterocycles. The molecule has 0 bridgehead atoms. The first-order valence-corrected chi connectivity index (χ1v) is 15.7. The molecule has 3 aromatic rings. The summed E-state index contributed by atoms with van der Waals surface area (Å²) in [7, 11) is -4.19. The van der Waals surface area contributed by atoms with Crippen LogP contribution in [0.2, 0.25) is 0 Å². The molecule has 4 heterocycles. The molecule has 0 saturated carbocycles. The Kier molecular flexibility index (Phi) is 8.26. The Morgan fingerprint density at radius 3 is 2.52 bits per heavy atom. The fraction of sp³-hybridized carbons (Fsp3) is 0.448. The highest BCUT2D eigenvalue weighted by atomic mass is 32.2. The van der Waals surface area contributed by atoms with E-state index < -0.39 is 26.6 Å². The maximum absolute atomic E-state index is 13.8. The largest absolute Gasteiger partial charge is 0.381 e. The van der Waals surface area contributed by atoms with Crippen LogP contribution in [0.4, 0.5) is 20.3 Å². The molecule has 3 aliphatic rings. The number of benzene rings is 2. The summed E-state index contributed by atoms with van der Waals surface area (Å²) in [5, 5.41) is 13.6. The van der Waals surface area contributed by atoms with E-state index in [1.165, 1.54) is 12.8 Å². The van der Waals surface area contributed by atoms with Crippen LogP contribution < -0.4 is 10.6 Å². The number of nitrogens with one attached hydrogen (secondary N) is 3. The van der Waals surface area contributed by atoms with Gasteiger partial charge >= 0.3 is 0 Å². The third-order valence-electron chi connectivity index (χ3n) is 8.12. The molecule has 10 nitrogen and oxygen atoms in total. The SMILES string of the molecule is O=C(Nc1n[nH]c2c1CN(S(=O)(=O)c1cc(F)cc(F)c1)CC2)c1ccc(CN2CCCC2)cc1NC1CCOCC1. The lowest BCUT2D eigenvalue weighted by Crippen LogP contribution is -2.36. The normalized spacial score (nSPS) is 18.6. The van der Waals surface area contributed by atoms with E-state index in [9.17, 15) is 22.0 Å². The number of nitrogens with zero attached hydrogens (tertiary/aromatic N) is 3. The minimum atomic E-state index is -4.19. The molecule has 42 heavy (non-hydrogen) atoms. The summed E-state index contributed by atoms with van der Waals surface area (Å²) in [4.78, 5) is 15.6. The molecule has 2 fully saturated rings. The van der Waals surface area contributed by atoms with Gasteiger partial charge in [0.15, 0.2) is 5.82 Å². The molecule has 6 rings (SSSR count). The van der Waals surface area contributed by atoms with Crippen LogP contribution in [0.25, 0.3) is 0 Å². The van der Waals surface area contributed by atoms with E-state index in [0.717, 1.165) is 60.2 Å². The lowest BCUT2D eigenvalue weighted by atomic mass is 10.0. The van der Waals surface area contributed by atoms with E-state index in [-0.39, 0.29) is 30.9 Å². The van der Waals surface area contributed by atoms with Gasteiger partial charge in [-0.15, -0.1) is 0 Å². The molecule has 0 spiro atoms. The first-order chi connectivity index (χ1) is 20.3. The summed E-state index contributed by atoms with van der Waals surface area (Å²) >= 11 is 0. The van der Waals surface area contributed by atoms with Crippen molar-refractivity contribution >= 4 is 27.4 Å². The average molecular weight is 601 g/mol. The van der Waals surface area contributed by atoms with Gasteiger partial charge < -0.3 is 15.4 Å². The maximum Gasteiger partial charge on any atom is 0.258 e. The highest BCUT2D eigenvalue weighted by Gasteiger charge is 2.32. The fourth-order valence-electron chi connectivity index (χ4n) is 5.85. The molecular formula is C29H34F2N6O4S. The molecular weight excluding hydrogens is 566 g/mol. The van der Waals surface area contributed by atoms with Crippen molar-refractivity contribution < 1.29 is 26.7 Å². The highest BCUT2D eigenvalue weighted by molar-refractivity contribution is 7.89. The summed E-state index contributed by atoms with van der Waals surface area (Å²) in [5.41, 5.74) is 3.52. The average Bonchev–Trinajstić information content (AvgIpc) is 3.63. The number of hydrogen-bond donors (Lipinski definition) is 3. The lowest BCUT2D eigenvalue weighted by Gasteiger charge is -2.27. The number of amides is 1. The van der Waals surface area contributed by atoms with Gasteiger partial charge in [0, 0.05) is 68.3 Å². The summed E-state index contributed by atoms with van der Waals surface area (Å²) in [6.45, 7) is 4.26. The number of anilines is 2. The number of rotatable bonds is 8. The summed E-state index contributed by atoms with van der Waals surface area (Å²) in [6, 6.07) is 8.22. The zero-order valence-electron chi connectivity index (χ0n) is 23.2. The molecule has 0 atom stereocenters. The number of carbonyl (C=O) groups excluding carboxylic acids is 1. The van der Waals surface area contributed by atoms with Crippen molar-refractivity contribution in [3.05, 3.63) is 70.4 Å². The Hall–Kier alpha value is -3.39. The van der Waals surface area contributed by atoms with Crippen molar-refractivity contribution in [1.29, 1.82) is 0 Å². The van der Waals surface area contributed by atoms with Crippen molar-refractivity contribution in [2.45, 2.75) is 56.1 Å². The van der Waals surface area contributed by atoms with E-state index >= 15 is 0 Å². The Labute approximate surface area is 243 Å². The first-order valence-electron chi connectivity index (χ1n) is 14.3. The number of aromatic amines is 1. The Morgan fingerprint density at radius 2 is 1.79 bits per heavy atom. The van der Waals surface area contributed by atoms with Crippen molar-refractivity contribution in [3.8, 4) is 0 Å². The first kappa shape index (κ1) is 28.7. The van der Waals surface area contributed by atoms with Crippen molar-refractivity contribution in [1.82, 2.24) is 19.4 Å². The van der Waals surface area contributed by atoms with Crippen LogP contribution in [0.5, 0.6) is 0 Å². The van der Waals surface area contributed by atoms with Gasteiger partial charge in [-0.05, 0) is 68.6 Å². The van der Waals surface area contributed by atoms with Gasteiger partial charge in [-0.1, -0.05) is 6.07 Å². The van der Waals surface area contributed by atoms with E-state index in [0.29, 0.717) is 42.5 Å². The number of sulfonamides is 1. The van der Waals surface area contributed by atoms with Crippen LogP contribution in [0.15, 0.2) is 41.3 Å². The van der Waals surface area contributed by atoms with Crippen LogP contribution in [-0.4, -0.2) is 72.6 Å². The fourth-order valence-corrected chi connectivity index (χ4v) is 7.30. The van der Waals surface area contributed by atoms with Crippen molar-refractivity contribution in [2.75, 3.05) is 43.5 Å². The van der Waals surface area contributed by atoms with E-state index in [2.05, 4.69) is 25.7 Å². The summed E-state index contributed by atoms with van der Waals surface area (Å²) < 4.78 is 60.7. The summed E-state index contributed by atoms with van der Waals surface area (Å²) in [5.74, 6) is -2.10. The molecule has 0 unspecified atom stereocenters. The smallest absolute Gasteiger partial charge is 0.258 e. The molecule has 0 aliphatic carbocycles. The number of halogens is 2. The molecule has 2 aromatic carbocycles. The van der Waals surface area contributed by atoms with Gasteiger partial charge in [-0.3, -0.25) is 14.8 Å². The quantitative estimate of drug-likeness (QED) is 0.359. The number of likely N-dealkylation sites (tertiary alicyclic amines) is 1. The van der Waals surface area contributed by atoms with Gasteiger partial charge in [0.2, 0.25) is 10.0 Å². The van der Waals surface area contributed by atoms with E-state index in [4.69, 9.17) is 4.74 Å². The topological polar surface area (TPSA) is 120 Å². The van der Waals surface area contributed by atoms with Gasteiger partial charge in [0.25, 0.3) is 5.91 Å². The third kappa shape index (κ3) is 6.19. The standard InChI is InChI=1S/C29H34F2N6O4S/c30-20-14-21(31)16-23(15-20)42(39,40)37-10-5-26-25(18-37)28(35-34-26)33-29(38)24-4-3-19(17-36-8-1-2-9-36)13-27(24)32-22-6-11-41-12-7-22/h3-4,13-16,22,32H,1-2,5-12,17-18H2,(H2,33,34,35,38). The highest BCUT2D eigenvalue weighted by Crippen LogP contribution is 2.30. The predicted molar refractivity (Wildman–Crippen MR) is 153 cm³/mol. The van der Waals surface area contributed by atoms with Crippen molar-refractivity contribution in [2.24, 2.45) is 0 Å². The molecule has 224 valence electrons. The number of hydrogen-bond acceptors (Lipinski definition) is 7. The molecule has 3 aliphatic heterocycles. The third-order valence-corrected chi connectivity index (χ3v) is 9.94. The molecule has 1 amide bonds. The van der Waals surface area contributed by atoms with E-state index in [1.807, 2.05) is 18.2 Å². The summed E-state index contributed by atoms with van der Waals surface area (Å²) in [6.07, 6.45) is 4.36.